The first-order chi connectivity index (χ1) is 15.4. The highest BCUT2D eigenvalue weighted by atomic mass is 32.2. The molecule has 0 N–H and O–H groups in total. The summed E-state index contributed by atoms with van der Waals surface area (Å²) in [5.41, 5.74) is 2.30. The predicted octanol–water partition coefficient (Wildman–Crippen LogP) is 4.25. The van der Waals surface area contributed by atoms with E-state index in [2.05, 4.69) is 0 Å². The van der Waals surface area contributed by atoms with E-state index in [1.807, 2.05) is 19.1 Å². The number of benzene rings is 2. The van der Waals surface area contributed by atoms with Crippen molar-refractivity contribution < 1.29 is 22.7 Å². The predicted molar refractivity (Wildman–Crippen MR) is 124 cm³/mol. The Labute approximate surface area is 189 Å². The highest BCUT2D eigenvalue weighted by Gasteiger charge is 2.24. The second kappa shape index (κ2) is 11.2. The zero-order chi connectivity index (χ0) is 23.0. The number of aryl methyl sites for hydroxylation is 1. The molecule has 3 rings (SSSR count). The van der Waals surface area contributed by atoms with E-state index in [4.69, 9.17) is 4.74 Å². The van der Waals surface area contributed by atoms with E-state index < -0.39 is 16.0 Å². The summed E-state index contributed by atoms with van der Waals surface area (Å²) in [7, 11) is -3.50. The van der Waals surface area contributed by atoms with Crippen molar-refractivity contribution in [3.63, 3.8) is 0 Å². The number of hydrogen-bond donors (Lipinski definition) is 0. The second-order valence-corrected chi connectivity index (χ2v) is 9.74. The SMILES string of the molecule is CCc1ccc(C(=O)COC(=O)C=Cc2ccc(S(=O)(=O)N3CCCCCC3)cc2)cc1. The lowest BCUT2D eigenvalue weighted by Crippen LogP contribution is -2.31. The van der Waals surface area contributed by atoms with Crippen LogP contribution in [0.1, 0.15) is 54.1 Å². The molecule has 0 aromatic heterocycles. The van der Waals surface area contributed by atoms with E-state index in [9.17, 15) is 18.0 Å². The molecule has 1 aliphatic heterocycles. The first kappa shape index (κ1) is 23.9. The molecule has 170 valence electrons. The van der Waals surface area contributed by atoms with Crippen LogP contribution in [0.25, 0.3) is 6.08 Å². The molecule has 2 aromatic carbocycles. The molecule has 1 heterocycles. The van der Waals surface area contributed by atoms with Gasteiger partial charge in [0.25, 0.3) is 0 Å². The van der Waals surface area contributed by atoms with Crippen molar-refractivity contribution in [1.82, 2.24) is 4.31 Å². The summed E-state index contributed by atoms with van der Waals surface area (Å²) in [5.74, 6) is -0.901. The molecule has 0 bridgehead atoms. The fraction of sp³-hybridized carbons (Fsp3) is 0.360. The Bertz CT molecular complexity index is 1050. The normalized spacial score (nSPS) is 15.4. The number of rotatable bonds is 8. The Morgan fingerprint density at radius 1 is 0.938 bits per heavy atom. The molecule has 2 aromatic rings. The number of Topliss-reactive ketones (excluding diaryl/α,β-unsaturated/α-hetero) is 1. The average molecular weight is 456 g/mol. The first-order valence-corrected chi connectivity index (χ1v) is 12.4. The van der Waals surface area contributed by atoms with Crippen molar-refractivity contribution in [2.75, 3.05) is 19.7 Å². The van der Waals surface area contributed by atoms with Crippen LogP contribution in [-0.4, -0.2) is 44.2 Å². The van der Waals surface area contributed by atoms with Gasteiger partial charge < -0.3 is 4.74 Å². The number of carbonyl (C=O) groups is 2. The minimum absolute atomic E-state index is 0.249. The standard InChI is InChI=1S/C25H29NO5S/c1-2-20-7-12-22(13-8-20)24(27)19-31-25(28)16-11-21-9-14-23(15-10-21)32(29,30)26-17-5-3-4-6-18-26/h7-16H,2-6,17-19H2,1H3. The molecular formula is C25H29NO5S. The van der Waals surface area contributed by atoms with Crippen molar-refractivity contribution in [3.05, 3.63) is 71.3 Å². The van der Waals surface area contributed by atoms with Crippen LogP contribution in [0.2, 0.25) is 0 Å². The van der Waals surface area contributed by atoms with E-state index in [1.165, 1.54) is 12.2 Å². The summed E-state index contributed by atoms with van der Waals surface area (Å²) in [6, 6.07) is 13.6. The van der Waals surface area contributed by atoms with Gasteiger partial charge >= 0.3 is 5.97 Å². The molecule has 1 saturated heterocycles. The molecule has 1 fully saturated rings. The third kappa shape index (κ3) is 6.37. The number of hydrogen-bond acceptors (Lipinski definition) is 5. The van der Waals surface area contributed by atoms with Crippen LogP contribution in [0.5, 0.6) is 0 Å². The number of carbonyl (C=O) groups excluding carboxylic acids is 2. The maximum Gasteiger partial charge on any atom is 0.331 e. The molecule has 7 heteroatoms. The third-order valence-corrected chi connectivity index (χ3v) is 7.44. The van der Waals surface area contributed by atoms with E-state index in [-0.39, 0.29) is 17.3 Å². The van der Waals surface area contributed by atoms with E-state index >= 15 is 0 Å². The van der Waals surface area contributed by atoms with E-state index in [1.54, 1.807) is 40.7 Å². The quantitative estimate of drug-likeness (QED) is 0.338. The fourth-order valence-electron chi connectivity index (χ4n) is 3.54. The molecule has 0 saturated carbocycles. The monoisotopic (exact) mass is 455 g/mol. The summed E-state index contributed by atoms with van der Waals surface area (Å²) < 4.78 is 32.2. The van der Waals surface area contributed by atoms with Gasteiger partial charge in [-0.3, -0.25) is 4.79 Å². The molecule has 0 unspecified atom stereocenters. The van der Waals surface area contributed by atoms with Crippen molar-refractivity contribution >= 4 is 27.9 Å². The summed E-state index contributed by atoms with van der Waals surface area (Å²) in [4.78, 5) is 24.3. The van der Waals surface area contributed by atoms with Gasteiger partial charge in [-0.2, -0.15) is 4.31 Å². The summed E-state index contributed by atoms with van der Waals surface area (Å²) in [5, 5.41) is 0. The minimum Gasteiger partial charge on any atom is -0.454 e. The molecule has 0 spiro atoms. The van der Waals surface area contributed by atoms with Gasteiger partial charge in [0.1, 0.15) is 0 Å². The maximum atomic E-state index is 12.8. The summed E-state index contributed by atoms with van der Waals surface area (Å²) >= 11 is 0. The fourth-order valence-corrected chi connectivity index (χ4v) is 5.06. The van der Waals surface area contributed by atoms with Crippen molar-refractivity contribution in [3.8, 4) is 0 Å². The lowest BCUT2D eigenvalue weighted by Gasteiger charge is -2.19. The number of ketones is 1. The van der Waals surface area contributed by atoms with Gasteiger partial charge in [0, 0.05) is 24.7 Å². The molecule has 1 aliphatic rings. The molecule has 0 aliphatic carbocycles. The largest absolute Gasteiger partial charge is 0.454 e. The Morgan fingerprint density at radius 3 is 2.16 bits per heavy atom. The van der Waals surface area contributed by atoms with Gasteiger partial charge in [-0.25, -0.2) is 13.2 Å². The number of nitrogens with zero attached hydrogens (tertiary/aromatic N) is 1. The Kier molecular flexibility index (Phi) is 8.36. The molecule has 6 nitrogen and oxygen atoms in total. The number of ether oxygens (including phenoxy) is 1. The van der Waals surface area contributed by atoms with Gasteiger partial charge in [0.15, 0.2) is 12.4 Å². The third-order valence-electron chi connectivity index (χ3n) is 5.52. The topological polar surface area (TPSA) is 80.8 Å². The maximum absolute atomic E-state index is 12.8. The molecule has 32 heavy (non-hydrogen) atoms. The smallest absolute Gasteiger partial charge is 0.331 e. The zero-order valence-electron chi connectivity index (χ0n) is 18.3. The van der Waals surface area contributed by atoms with Crippen LogP contribution in [0.3, 0.4) is 0 Å². The molecular weight excluding hydrogens is 426 g/mol. The highest BCUT2D eigenvalue weighted by molar-refractivity contribution is 7.89. The van der Waals surface area contributed by atoms with Crippen LogP contribution in [-0.2, 0) is 26.0 Å². The Balaban J connectivity index is 1.54. The van der Waals surface area contributed by atoms with Gasteiger partial charge in [-0.1, -0.05) is 56.2 Å². The Morgan fingerprint density at radius 2 is 1.56 bits per heavy atom. The van der Waals surface area contributed by atoms with Crippen molar-refractivity contribution in [2.24, 2.45) is 0 Å². The average Bonchev–Trinajstić information content (AvgIpc) is 3.12. The van der Waals surface area contributed by atoms with Gasteiger partial charge in [-0.15, -0.1) is 0 Å². The highest BCUT2D eigenvalue weighted by Crippen LogP contribution is 2.21. The van der Waals surface area contributed by atoms with Crippen LogP contribution in [0.15, 0.2) is 59.5 Å². The summed E-state index contributed by atoms with van der Waals surface area (Å²) in [6.07, 6.45) is 7.53. The van der Waals surface area contributed by atoms with Crippen LogP contribution in [0.4, 0.5) is 0 Å². The number of sulfonamides is 1. The van der Waals surface area contributed by atoms with Crippen LogP contribution < -0.4 is 0 Å². The zero-order valence-corrected chi connectivity index (χ0v) is 19.1. The minimum atomic E-state index is -3.50. The van der Waals surface area contributed by atoms with E-state index in [0.717, 1.165) is 37.7 Å². The molecule has 0 amide bonds. The number of esters is 1. The first-order valence-electron chi connectivity index (χ1n) is 11.0. The Hall–Kier alpha value is -2.77. The van der Waals surface area contributed by atoms with Crippen molar-refractivity contribution in [2.45, 2.75) is 43.9 Å². The van der Waals surface area contributed by atoms with E-state index in [0.29, 0.717) is 24.2 Å². The van der Waals surface area contributed by atoms with Crippen LogP contribution >= 0.6 is 0 Å². The second-order valence-electron chi connectivity index (χ2n) is 7.80. The van der Waals surface area contributed by atoms with Gasteiger partial charge in [0.2, 0.25) is 10.0 Å². The van der Waals surface area contributed by atoms with Crippen molar-refractivity contribution in [1.29, 1.82) is 0 Å². The summed E-state index contributed by atoms with van der Waals surface area (Å²) in [6.45, 7) is 2.81. The lowest BCUT2D eigenvalue weighted by atomic mass is 10.1. The molecule has 0 radical (unpaired) electrons. The van der Waals surface area contributed by atoms with Gasteiger partial charge in [-0.05, 0) is 48.6 Å². The van der Waals surface area contributed by atoms with Gasteiger partial charge in [0.05, 0.1) is 4.90 Å². The van der Waals surface area contributed by atoms with Crippen LogP contribution in [0, 0.1) is 0 Å². The lowest BCUT2D eigenvalue weighted by molar-refractivity contribution is -0.136. The molecule has 0 atom stereocenters.